The number of nitrogens with one attached hydrogen (secondary N) is 2. The van der Waals surface area contributed by atoms with E-state index in [1.165, 1.54) is 12.5 Å². The Kier molecular flexibility index (Phi) is 9.02. The van der Waals surface area contributed by atoms with Crippen LogP contribution < -0.4 is 25.2 Å². The van der Waals surface area contributed by atoms with Gasteiger partial charge in [0.05, 0.1) is 28.9 Å². The smallest absolute Gasteiger partial charge is 0.257 e. The molecule has 1 saturated carbocycles. The first-order valence-corrected chi connectivity index (χ1v) is 14.5. The van der Waals surface area contributed by atoms with Crippen molar-refractivity contribution in [3.8, 4) is 5.75 Å². The van der Waals surface area contributed by atoms with Crippen molar-refractivity contribution in [1.29, 1.82) is 0 Å². The fourth-order valence-corrected chi connectivity index (χ4v) is 6.03. The van der Waals surface area contributed by atoms with Crippen LogP contribution in [-0.2, 0) is 0 Å². The SMILES string of the molecule is COc1ccccc1N1CCN(c2ccc(NC(=O)c3ccc(Cl)cc3Cl)cc2C(=O)NC2CCCCC2)CC1. The van der Waals surface area contributed by atoms with Gasteiger partial charge in [-0.05, 0) is 61.4 Å². The maximum absolute atomic E-state index is 13.6. The van der Waals surface area contributed by atoms with Crippen LogP contribution in [0.1, 0.15) is 52.8 Å². The van der Waals surface area contributed by atoms with E-state index < -0.39 is 0 Å². The van der Waals surface area contributed by atoms with Crippen molar-refractivity contribution in [3.05, 3.63) is 81.8 Å². The molecule has 210 valence electrons. The molecule has 0 spiro atoms. The molecular weight excluding hydrogens is 547 g/mol. The van der Waals surface area contributed by atoms with Gasteiger partial charge in [-0.1, -0.05) is 54.6 Å². The Morgan fingerprint density at radius 1 is 0.800 bits per heavy atom. The van der Waals surface area contributed by atoms with Gasteiger partial charge in [0.25, 0.3) is 11.8 Å². The minimum Gasteiger partial charge on any atom is -0.495 e. The third-order valence-corrected chi connectivity index (χ3v) is 8.21. The van der Waals surface area contributed by atoms with Crippen molar-refractivity contribution < 1.29 is 14.3 Å². The third kappa shape index (κ3) is 6.48. The molecule has 40 heavy (non-hydrogen) atoms. The number of hydrogen-bond acceptors (Lipinski definition) is 5. The van der Waals surface area contributed by atoms with E-state index in [0.29, 0.717) is 21.8 Å². The lowest BCUT2D eigenvalue weighted by Crippen LogP contribution is -2.47. The molecule has 0 aromatic heterocycles. The highest BCUT2D eigenvalue weighted by molar-refractivity contribution is 6.37. The first-order valence-electron chi connectivity index (χ1n) is 13.8. The predicted octanol–water partition coefficient (Wildman–Crippen LogP) is 6.64. The summed E-state index contributed by atoms with van der Waals surface area (Å²) in [5, 5.41) is 6.88. The van der Waals surface area contributed by atoms with E-state index in [4.69, 9.17) is 27.9 Å². The van der Waals surface area contributed by atoms with E-state index in [1.54, 1.807) is 25.3 Å². The van der Waals surface area contributed by atoms with E-state index in [-0.39, 0.29) is 22.9 Å². The van der Waals surface area contributed by atoms with Crippen LogP contribution in [0.25, 0.3) is 0 Å². The van der Waals surface area contributed by atoms with Crippen LogP contribution in [0.3, 0.4) is 0 Å². The van der Waals surface area contributed by atoms with E-state index in [0.717, 1.165) is 69.0 Å². The Morgan fingerprint density at radius 2 is 1.50 bits per heavy atom. The second-order valence-electron chi connectivity index (χ2n) is 10.3. The second-order valence-corrected chi connectivity index (χ2v) is 11.1. The van der Waals surface area contributed by atoms with Crippen LogP contribution >= 0.6 is 23.2 Å². The summed E-state index contributed by atoms with van der Waals surface area (Å²) in [6, 6.07) is 18.5. The summed E-state index contributed by atoms with van der Waals surface area (Å²) < 4.78 is 5.57. The van der Waals surface area contributed by atoms with Crippen molar-refractivity contribution >= 4 is 52.1 Å². The number of methoxy groups -OCH3 is 1. The molecule has 0 radical (unpaired) electrons. The van der Waals surface area contributed by atoms with E-state index >= 15 is 0 Å². The summed E-state index contributed by atoms with van der Waals surface area (Å²) in [5.74, 6) is 0.373. The van der Waals surface area contributed by atoms with Gasteiger partial charge in [-0.2, -0.15) is 0 Å². The van der Waals surface area contributed by atoms with Crippen LogP contribution in [0.15, 0.2) is 60.7 Å². The van der Waals surface area contributed by atoms with Gasteiger partial charge in [-0.3, -0.25) is 9.59 Å². The molecule has 3 aromatic carbocycles. The number of piperazine rings is 1. The minimum absolute atomic E-state index is 0.116. The number of rotatable bonds is 7. The maximum atomic E-state index is 13.6. The van der Waals surface area contributed by atoms with Crippen molar-refractivity contribution in [2.24, 2.45) is 0 Å². The summed E-state index contributed by atoms with van der Waals surface area (Å²) in [7, 11) is 1.69. The third-order valence-electron chi connectivity index (χ3n) is 7.66. The van der Waals surface area contributed by atoms with E-state index in [2.05, 4.69) is 26.5 Å². The van der Waals surface area contributed by atoms with Gasteiger partial charge in [-0.15, -0.1) is 0 Å². The lowest BCUT2D eigenvalue weighted by Gasteiger charge is -2.38. The molecule has 0 unspecified atom stereocenters. The average molecular weight is 582 g/mol. The van der Waals surface area contributed by atoms with Crippen LogP contribution in [0, 0.1) is 0 Å². The summed E-state index contributed by atoms with van der Waals surface area (Å²) in [4.78, 5) is 31.2. The Morgan fingerprint density at radius 3 is 2.20 bits per heavy atom. The number of benzene rings is 3. The van der Waals surface area contributed by atoms with Crippen LogP contribution in [0.4, 0.5) is 17.1 Å². The van der Waals surface area contributed by atoms with Gasteiger partial charge in [-0.25, -0.2) is 0 Å². The van der Waals surface area contributed by atoms with Crippen molar-refractivity contribution in [3.63, 3.8) is 0 Å². The van der Waals surface area contributed by atoms with Gasteiger partial charge in [0.15, 0.2) is 0 Å². The molecule has 3 aromatic rings. The van der Waals surface area contributed by atoms with Gasteiger partial charge < -0.3 is 25.2 Å². The van der Waals surface area contributed by atoms with E-state index in [9.17, 15) is 9.59 Å². The Labute approximate surface area is 245 Å². The number of hydrogen-bond donors (Lipinski definition) is 2. The normalized spacial score (nSPS) is 16.0. The summed E-state index contributed by atoms with van der Waals surface area (Å²) >= 11 is 12.2. The molecule has 9 heteroatoms. The van der Waals surface area contributed by atoms with Crippen LogP contribution in [-0.4, -0.2) is 51.1 Å². The topological polar surface area (TPSA) is 73.9 Å². The fraction of sp³-hybridized carbons (Fsp3) is 0.355. The molecule has 1 aliphatic heterocycles. The maximum Gasteiger partial charge on any atom is 0.257 e. The molecule has 2 fully saturated rings. The number of halogens is 2. The van der Waals surface area contributed by atoms with Crippen LogP contribution in [0.2, 0.25) is 10.0 Å². The van der Waals surface area contributed by atoms with Crippen molar-refractivity contribution in [1.82, 2.24) is 5.32 Å². The highest BCUT2D eigenvalue weighted by Gasteiger charge is 2.25. The number of para-hydroxylation sites is 2. The van der Waals surface area contributed by atoms with Crippen molar-refractivity contribution in [2.75, 3.05) is 48.4 Å². The Bertz CT molecular complexity index is 1370. The molecular formula is C31H34Cl2N4O3. The molecule has 2 N–H and O–H groups in total. The fourth-order valence-electron chi connectivity index (χ4n) is 5.53. The molecule has 1 aliphatic carbocycles. The lowest BCUT2D eigenvalue weighted by molar-refractivity contribution is 0.0927. The number of amides is 2. The molecule has 1 saturated heterocycles. The summed E-state index contributed by atoms with van der Waals surface area (Å²) in [6.07, 6.45) is 5.44. The number of nitrogens with zero attached hydrogens (tertiary/aromatic N) is 2. The summed E-state index contributed by atoms with van der Waals surface area (Å²) in [6.45, 7) is 3.07. The number of carbonyl (C=O) groups excluding carboxylic acids is 2. The highest BCUT2D eigenvalue weighted by atomic mass is 35.5. The molecule has 0 bridgehead atoms. The second kappa shape index (κ2) is 12.8. The average Bonchev–Trinajstić information content (AvgIpc) is 2.97. The molecule has 0 atom stereocenters. The zero-order valence-electron chi connectivity index (χ0n) is 22.6. The van der Waals surface area contributed by atoms with Crippen molar-refractivity contribution in [2.45, 2.75) is 38.1 Å². The van der Waals surface area contributed by atoms with Gasteiger partial charge >= 0.3 is 0 Å². The Hall–Kier alpha value is -3.42. The molecule has 1 heterocycles. The quantitative estimate of drug-likeness (QED) is 0.327. The largest absolute Gasteiger partial charge is 0.495 e. The molecule has 2 amide bonds. The first-order chi connectivity index (χ1) is 19.4. The standard InChI is InChI=1S/C31H34Cl2N4O3/c1-40-29-10-6-5-9-28(29)37-17-15-36(16-18-37)27-14-12-23(35-30(38)24-13-11-21(32)19-26(24)33)20-25(27)31(39)34-22-7-3-2-4-8-22/h5-6,9-14,19-20,22H,2-4,7-8,15-18H2,1H3,(H,34,39)(H,35,38). The minimum atomic E-state index is -0.363. The first kappa shape index (κ1) is 28.1. The van der Waals surface area contributed by atoms with Crippen LogP contribution in [0.5, 0.6) is 5.75 Å². The monoisotopic (exact) mass is 580 g/mol. The molecule has 5 rings (SSSR count). The van der Waals surface area contributed by atoms with E-state index in [1.807, 2.05) is 30.3 Å². The zero-order chi connectivity index (χ0) is 28.1. The zero-order valence-corrected chi connectivity index (χ0v) is 24.1. The number of ether oxygens (including phenoxy) is 1. The number of carbonyl (C=O) groups is 2. The number of anilines is 3. The Balaban J connectivity index is 1.37. The lowest BCUT2D eigenvalue weighted by atomic mass is 9.95. The van der Waals surface area contributed by atoms with Gasteiger partial charge in [0.1, 0.15) is 5.75 Å². The molecule has 2 aliphatic rings. The predicted molar refractivity (Wildman–Crippen MR) is 163 cm³/mol. The van der Waals surface area contributed by atoms with Gasteiger partial charge in [0, 0.05) is 48.6 Å². The highest BCUT2D eigenvalue weighted by Crippen LogP contribution is 2.32. The molecule has 7 nitrogen and oxygen atoms in total. The summed E-state index contributed by atoms with van der Waals surface area (Å²) in [5.41, 5.74) is 3.32. The van der Waals surface area contributed by atoms with Gasteiger partial charge in [0.2, 0.25) is 0 Å².